The largest absolute Gasteiger partial charge is 0.398 e. The third-order valence-corrected chi connectivity index (χ3v) is 1.66. The molecule has 0 radical (unpaired) electrons. The smallest absolute Gasteiger partial charge is 0.0656 e. The predicted octanol–water partition coefficient (Wildman–Crippen LogP) is 2.21. The van der Waals surface area contributed by atoms with Gasteiger partial charge in [-0.3, -0.25) is 5.41 Å². The van der Waals surface area contributed by atoms with Crippen molar-refractivity contribution in [3.05, 3.63) is 42.0 Å². The first-order valence-corrected chi connectivity index (χ1v) is 3.72. The minimum atomic E-state index is 0.410. The number of hydrogen-bond donors (Lipinski definition) is 2. The Morgan fingerprint density at radius 1 is 1.42 bits per heavy atom. The van der Waals surface area contributed by atoms with Crippen molar-refractivity contribution in [2.75, 3.05) is 5.73 Å². The molecule has 0 saturated heterocycles. The number of anilines is 1. The Morgan fingerprint density at radius 2 is 2.00 bits per heavy atom. The van der Waals surface area contributed by atoms with Gasteiger partial charge in [0.15, 0.2) is 0 Å². The maximum Gasteiger partial charge on any atom is 0.0656 e. The van der Waals surface area contributed by atoms with E-state index in [1.807, 2.05) is 18.2 Å². The molecule has 0 bridgehead atoms. The van der Waals surface area contributed by atoms with Crippen LogP contribution in [0.2, 0.25) is 0 Å². The Bertz CT molecular complexity index is 326. The minimum absolute atomic E-state index is 0.410. The molecule has 0 heterocycles. The number of allylic oxidation sites excluding steroid dienone is 1. The first-order chi connectivity index (χ1) is 5.63. The van der Waals surface area contributed by atoms with Gasteiger partial charge in [-0.25, -0.2) is 0 Å². The van der Waals surface area contributed by atoms with Crippen molar-refractivity contribution in [3.63, 3.8) is 0 Å². The van der Waals surface area contributed by atoms with Crippen LogP contribution in [0.25, 0.3) is 0 Å². The summed E-state index contributed by atoms with van der Waals surface area (Å²) in [5, 5.41) is 7.65. The zero-order valence-electron chi connectivity index (χ0n) is 7.09. The van der Waals surface area contributed by atoms with Gasteiger partial charge < -0.3 is 5.73 Å². The maximum atomic E-state index is 7.65. The van der Waals surface area contributed by atoms with Gasteiger partial charge in [0.2, 0.25) is 0 Å². The quantitative estimate of drug-likeness (QED) is 0.505. The van der Waals surface area contributed by atoms with Crippen LogP contribution >= 0.6 is 0 Å². The number of nitrogen functional groups attached to an aromatic ring is 1. The highest BCUT2D eigenvalue weighted by Crippen LogP contribution is 2.13. The lowest BCUT2D eigenvalue weighted by Crippen LogP contribution is -2.03. The minimum Gasteiger partial charge on any atom is -0.398 e. The van der Waals surface area contributed by atoms with E-state index in [4.69, 9.17) is 11.1 Å². The van der Waals surface area contributed by atoms with Crippen molar-refractivity contribution >= 4 is 11.4 Å². The maximum absolute atomic E-state index is 7.65. The SMILES string of the molecule is C=C(C)C(=N)c1ccccc1N. The molecule has 0 unspecified atom stereocenters. The van der Waals surface area contributed by atoms with Gasteiger partial charge in [-0.15, -0.1) is 0 Å². The molecule has 62 valence electrons. The number of para-hydroxylation sites is 1. The van der Waals surface area contributed by atoms with Gasteiger partial charge in [-0.2, -0.15) is 0 Å². The molecule has 0 fully saturated rings. The van der Waals surface area contributed by atoms with Crippen LogP contribution in [-0.4, -0.2) is 5.71 Å². The van der Waals surface area contributed by atoms with E-state index in [1.54, 1.807) is 13.0 Å². The molecule has 2 heteroatoms. The number of nitrogens with one attached hydrogen (secondary N) is 1. The van der Waals surface area contributed by atoms with Gasteiger partial charge in [0.25, 0.3) is 0 Å². The van der Waals surface area contributed by atoms with Crippen LogP contribution in [0, 0.1) is 5.41 Å². The highest BCUT2D eigenvalue weighted by atomic mass is 14.6. The standard InChI is InChI=1S/C10H12N2/c1-7(2)10(12)8-5-3-4-6-9(8)11/h3-6,12H,1,11H2,2H3. The van der Waals surface area contributed by atoms with Crippen molar-refractivity contribution < 1.29 is 0 Å². The van der Waals surface area contributed by atoms with E-state index in [1.165, 1.54) is 0 Å². The lowest BCUT2D eigenvalue weighted by Gasteiger charge is -2.05. The second-order valence-electron chi connectivity index (χ2n) is 2.74. The van der Waals surface area contributed by atoms with E-state index in [-0.39, 0.29) is 0 Å². The van der Waals surface area contributed by atoms with E-state index >= 15 is 0 Å². The van der Waals surface area contributed by atoms with Crippen molar-refractivity contribution in [2.45, 2.75) is 6.92 Å². The van der Waals surface area contributed by atoms with Crippen LogP contribution in [0.3, 0.4) is 0 Å². The van der Waals surface area contributed by atoms with Gasteiger partial charge in [0, 0.05) is 11.3 Å². The number of hydrogen-bond acceptors (Lipinski definition) is 2. The van der Waals surface area contributed by atoms with Crippen LogP contribution in [0.15, 0.2) is 36.4 Å². The lowest BCUT2D eigenvalue weighted by molar-refractivity contribution is 1.44. The van der Waals surface area contributed by atoms with Crippen LogP contribution in [0.1, 0.15) is 12.5 Å². The molecular formula is C10H12N2. The summed E-state index contributed by atoms with van der Waals surface area (Å²) in [6.07, 6.45) is 0. The molecule has 0 aliphatic heterocycles. The van der Waals surface area contributed by atoms with Gasteiger partial charge >= 0.3 is 0 Å². The normalized spacial score (nSPS) is 9.42. The third kappa shape index (κ3) is 1.53. The summed E-state index contributed by atoms with van der Waals surface area (Å²) in [6, 6.07) is 7.33. The molecule has 2 nitrogen and oxygen atoms in total. The van der Waals surface area contributed by atoms with Gasteiger partial charge in [0.1, 0.15) is 0 Å². The average Bonchev–Trinajstić information content (AvgIpc) is 2.04. The molecule has 1 rings (SSSR count). The fraction of sp³-hybridized carbons (Fsp3) is 0.100. The zero-order valence-corrected chi connectivity index (χ0v) is 7.09. The van der Waals surface area contributed by atoms with Gasteiger partial charge in [-0.05, 0) is 18.6 Å². The Kier molecular flexibility index (Phi) is 2.29. The topological polar surface area (TPSA) is 49.9 Å². The van der Waals surface area contributed by atoms with Crippen molar-refractivity contribution in [2.24, 2.45) is 0 Å². The van der Waals surface area contributed by atoms with E-state index in [9.17, 15) is 0 Å². The Hall–Kier alpha value is -1.57. The average molecular weight is 160 g/mol. The van der Waals surface area contributed by atoms with Crippen LogP contribution < -0.4 is 5.73 Å². The zero-order chi connectivity index (χ0) is 9.14. The summed E-state index contributed by atoms with van der Waals surface area (Å²) in [5.74, 6) is 0. The molecule has 0 amide bonds. The summed E-state index contributed by atoms with van der Waals surface area (Å²) in [5.41, 5.74) is 8.20. The highest BCUT2D eigenvalue weighted by Gasteiger charge is 2.03. The molecule has 3 N–H and O–H groups in total. The summed E-state index contributed by atoms with van der Waals surface area (Å²) < 4.78 is 0. The van der Waals surface area contributed by atoms with E-state index in [0.29, 0.717) is 11.4 Å². The van der Waals surface area contributed by atoms with Gasteiger partial charge in [0.05, 0.1) is 5.71 Å². The third-order valence-electron chi connectivity index (χ3n) is 1.66. The first-order valence-electron chi connectivity index (χ1n) is 3.72. The second kappa shape index (κ2) is 3.22. The van der Waals surface area contributed by atoms with Crippen molar-refractivity contribution in [3.8, 4) is 0 Å². The summed E-state index contributed by atoms with van der Waals surface area (Å²) in [6.45, 7) is 5.49. The number of benzene rings is 1. The molecule has 0 saturated carbocycles. The lowest BCUT2D eigenvalue weighted by atomic mass is 10.0. The van der Waals surface area contributed by atoms with Crippen molar-refractivity contribution in [1.82, 2.24) is 0 Å². The highest BCUT2D eigenvalue weighted by molar-refractivity contribution is 6.12. The molecule has 12 heavy (non-hydrogen) atoms. The molecule has 0 spiro atoms. The Labute approximate surface area is 72.2 Å². The monoisotopic (exact) mass is 160 g/mol. The fourth-order valence-corrected chi connectivity index (χ4v) is 0.955. The summed E-state index contributed by atoms with van der Waals surface area (Å²) in [7, 11) is 0. The van der Waals surface area contributed by atoms with E-state index in [0.717, 1.165) is 11.1 Å². The fourth-order valence-electron chi connectivity index (χ4n) is 0.955. The van der Waals surface area contributed by atoms with Crippen LogP contribution in [0.4, 0.5) is 5.69 Å². The molecule has 1 aromatic rings. The van der Waals surface area contributed by atoms with Crippen LogP contribution in [0.5, 0.6) is 0 Å². The number of rotatable bonds is 2. The molecular weight excluding hydrogens is 148 g/mol. The molecule has 0 aliphatic rings. The molecule has 0 aliphatic carbocycles. The number of nitrogens with two attached hydrogens (primary N) is 1. The molecule has 0 aromatic heterocycles. The molecule has 0 atom stereocenters. The second-order valence-corrected chi connectivity index (χ2v) is 2.74. The summed E-state index contributed by atoms with van der Waals surface area (Å²) >= 11 is 0. The Morgan fingerprint density at radius 3 is 2.50 bits per heavy atom. The predicted molar refractivity (Wildman–Crippen MR) is 52.5 cm³/mol. The molecule has 1 aromatic carbocycles. The Balaban J connectivity index is 3.11. The van der Waals surface area contributed by atoms with E-state index < -0.39 is 0 Å². The first kappa shape index (κ1) is 8.53. The summed E-state index contributed by atoms with van der Waals surface area (Å²) in [4.78, 5) is 0. The van der Waals surface area contributed by atoms with Gasteiger partial charge in [-0.1, -0.05) is 24.8 Å². The van der Waals surface area contributed by atoms with Crippen LogP contribution in [-0.2, 0) is 0 Å². The van der Waals surface area contributed by atoms with Crippen molar-refractivity contribution in [1.29, 1.82) is 5.41 Å². The van der Waals surface area contributed by atoms with E-state index in [2.05, 4.69) is 6.58 Å².